The zero-order valence-electron chi connectivity index (χ0n) is 22.4. The molecule has 0 heterocycles. The van der Waals surface area contributed by atoms with E-state index in [9.17, 15) is 24.9 Å². The van der Waals surface area contributed by atoms with E-state index >= 15 is 0 Å². The van der Waals surface area contributed by atoms with Crippen molar-refractivity contribution in [3.8, 4) is 0 Å². The largest absolute Gasteiger partial charge is 0.481 e. The second-order valence-corrected chi connectivity index (χ2v) is 14.4. The van der Waals surface area contributed by atoms with Crippen LogP contribution in [-0.2, 0) is 9.59 Å². The molecule has 0 radical (unpaired) electrons. The minimum absolute atomic E-state index is 0.00604. The molecule has 10 atom stereocenters. The van der Waals surface area contributed by atoms with E-state index in [1.807, 2.05) is 6.92 Å². The highest BCUT2D eigenvalue weighted by Gasteiger charge is 2.75. The van der Waals surface area contributed by atoms with Crippen molar-refractivity contribution in [3.05, 3.63) is 12.2 Å². The van der Waals surface area contributed by atoms with Gasteiger partial charge in [0.2, 0.25) is 0 Å². The second kappa shape index (κ2) is 7.58. The van der Waals surface area contributed by atoms with Crippen LogP contribution in [0, 0.1) is 56.7 Å². The third-order valence-electron chi connectivity index (χ3n) is 13.3. The molecular formula is C30H46O5. The van der Waals surface area contributed by atoms with E-state index in [2.05, 4.69) is 34.3 Å². The number of hydrogen-bond acceptors (Lipinski definition) is 3. The molecule has 5 nitrogen and oxygen atoms in total. The van der Waals surface area contributed by atoms with Gasteiger partial charge in [-0.25, -0.2) is 0 Å². The fourth-order valence-corrected chi connectivity index (χ4v) is 11.6. The SMILES string of the molecule is C=C(C)[C@H]1CC[C@]2(C(=O)O)CC[C@]3(C(=O)O)[C@H](CC[C@H]4[C@@]5(C)CC[C@H](O)C(C)(C)[C@@H]5CC[C@]43C)[C@@H]12. The van der Waals surface area contributed by atoms with E-state index in [4.69, 9.17) is 0 Å². The van der Waals surface area contributed by atoms with Crippen LogP contribution in [0.3, 0.4) is 0 Å². The molecule has 35 heavy (non-hydrogen) atoms. The standard InChI is InChI=1S/C30H46O5/c1-17(2)18-9-14-29(24(32)33)15-16-30(25(34)35)19(23(18)29)7-8-21-27(5)12-11-22(31)26(3,4)20(27)10-13-28(21,30)6/h18-23,31H,1,7-16H2,2-6H3,(H,32,33)(H,34,35)/t18-,19-,20+,21+,22+,23-,27+,28-,29+,30-/m1/s1. The lowest BCUT2D eigenvalue weighted by Crippen LogP contribution is -2.69. The van der Waals surface area contributed by atoms with Gasteiger partial charge in [-0.2, -0.15) is 0 Å². The Morgan fingerprint density at radius 3 is 2.09 bits per heavy atom. The van der Waals surface area contributed by atoms with Gasteiger partial charge in [-0.15, -0.1) is 0 Å². The van der Waals surface area contributed by atoms with Crippen LogP contribution in [0.5, 0.6) is 0 Å². The maximum absolute atomic E-state index is 13.5. The first-order valence-electron chi connectivity index (χ1n) is 14.0. The number of carboxylic acids is 2. The highest BCUT2D eigenvalue weighted by atomic mass is 16.4. The number of fused-ring (bicyclic) bond motifs is 7. The van der Waals surface area contributed by atoms with Crippen LogP contribution in [0.1, 0.15) is 98.8 Å². The predicted molar refractivity (Wildman–Crippen MR) is 135 cm³/mol. The van der Waals surface area contributed by atoms with Crippen LogP contribution >= 0.6 is 0 Å². The van der Waals surface area contributed by atoms with Crippen LogP contribution in [0.2, 0.25) is 0 Å². The molecule has 196 valence electrons. The topological polar surface area (TPSA) is 94.8 Å². The third kappa shape index (κ3) is 2.85. The van der Waals surface area contributed by atoms with Gasteiger partial charge < -0.3 is 15.3 Å². The summed E-state index contributed by atoms with van der Waals surface area (Å²) in [4.78, 5) is 26.3. The Hall–Kier alpha value is -1.36. The molecule has 5 saturated carbocycles. The normalized spacial score (nSPS) is 52.4. The van der Waals surface area contributed by atoms with Gasteiger partial charge in [0.15, 0.2) is 0 Å². The Bertz CT molecular complexity index is 954. The van der Waals surface area contributed by atoms with E-state index in [1.165, 1.54) is 0 Å². The van der Waals surface area contributed by atoms with Gasteiger partial charge in [0.05, 0.1) is 16.9 Å². The molecule has 0 aliphatic heterocycles. The summed E-state index contributed by atoms with van der Waals surface area (Å²) in [5, 5.41) is 32.5. The zero-order chi connectivity index (χ0) is 25.8. The first kappa shape index (κ1) is 25.3. The zero-order valence-corrected chi connectivity index (χ0v) is 22.4. The van der Waals surface area contributed by atoms with E-state index in [0.717, 1.165) is 50.5 Å². The van der Waals surface area contributed by atoms with Crippen LogP contribution in [-0.4, -0.2) is 33.4 Å². The molecule has 0 saturated heterocycles. The summed E-state index contributed by atoms with van der Waals surface area (Å²) >= 11 is 0. The molecule has 0 aromatic rings. The molecule has 0 unspecified atom stereocenters. The van der Waals surface area contributed by atoms with Crippen molar-refractivity contribution >= 4 is 11.9 Å². The lowest BCUT2D eigenvalue weighted by molar-refractivity contribution is -0.254. The van der Waals surface area contributed by atoms with E-state index in [0.29, 0.717) is 25.2 Å². The lowest BCUT2D eigenvalue weighted by atomic mass is 9.32. The number of aliphatic hydroxyl groups excluding tert-OH is 1. The molecule has 5 rings (SSSR count). The molecule has 0 aromatic heterocycles. The number of hydrogen-bond donors (Lipinski definition) is 3. The molecule has 5 heteroatoms. The molecule has 3 N–H and O–H groups in total. The van der Waals surface area contributed by atoms with Crippen LogP contribution in [0.4, 0.5) is 0 Å². The van der Waals surface area contributed by atoms with E-state index < -0.39 is 22.8 Å². The fraction of sp³-hybridized carbons (Fsp3) is 0.867. The predicted octanol–water partition coefficient (Wildman–Crippen LogP) is 6.15. The number of aliphatic hydroxyl groups is 1. The minimum atomic E-state index is -0.897. The number of carboxylic acid groups (broad SMARTS) is 2. The van der Waals surface area contributed by atoms with Crippen molar-refractivity contribution in [1.29, 1.82) is 0 Å². The Balaban J connectivity index is 1.64. The van der Waals surface area contributed by atoms with Gasteiger partial charge in [0.1, 0.15) is 0 Å². The van der Waals surface area contributed by atoms with Crippen molar-refractivity contribution in [3.63, 3.8) is 0 Å². The molecule has 0 aromatic carbocycles. The Morgan fingerprint density at radius 2 is 1.49 bits per heavy atom. The summed E-state index contributed by atoms with van der Waals surface area (Å²) in [7, 11) is 0. The first-order chi connectivity index (χ1) is 16.2. The van der Waals surface area contributed by atoms with Crippen molar-refractivity contribution in [1.82, 2.24) is 0 Å². The summed E-state index contributed by atoms with van der Waals surface area (Å²) in [5.74, 6) is -0.959. The molecular weight excluding hydrogens is 440 g/mol. The van der Waals surface area contributed by atoms with Gasteiger partial charge in [0, 0.05) is 0 Å². The molecule has 5 aliphatic rings. The quantitative estimate of drug-likeness (QED) is 0.416. The fourth-order valence-electron chi connectivity index (χ4n) is 11.6. The summed E-state index contributed by atoms with van der Waals surface area (Å²) in [6, 6.07) is 0. The highest BCUT2D eigenvalue weighted by molar-refractivity contribution is 5.80. The van der Waals surface area contributed by atoms with Crippen LogP contribution in [0.25, 0.3) is 0 Å². The van der Waals surface area contributed by atoms with Crippen molar-refractivity contribution in [2.24, 2.45) is 56.7 Å². The van der Waals surface area contributed by atoms with Gasteiger partial charge in [0.25, 0.3) is 0 Å². The number of allylic oxidation sites excluding steroid dienone is 1. The average Bonchev–Trinajstić information content (AvgIpc) is 3.18. The molecule has 0 spiro atoms. The molecule has 0 amide bonds. The summed E-state index contributed by atoms with van der Waals surface area (Å²) in [5.41, 5.74) is -1.25. The Labute approximate surface area is 210 Å². The summed E-state index contributed by atoms with van der Waals surface area (Å²) in [6.45, 7) is 15.3. The van der Waals surface area contributed by atoms with Gasteiger partial charge >= 0.3 is 11.9 Å². The minimum Gasteiger partial charge on any atom is -0.481 e. The molecule has 5 aliphatic carbocycles. The molecule has 5 fully saturated rings. The van der Waals surface area contributed by atoms with Gasteiger partial charge in [-0.1, -0.05) is 39.8 Å². The van der Waals surface area contributed by atoms with E-state index in [-0.39, 0.29) is 46.0 Å². The monoisotopic (exact) mass is 486 g/mol. The number of carbonyl (C=O) groups is 2. The molecule has 0 bridgehead atoms. The van der Waals surface area contributed by atoms with Gasteiger partial charge in [-0.05, 0) is 117 Å². The van der Waals surface area contributed by atoms with Crippen LogP contribution in [0.15, 0.2) is 12.2 Å². The van der Waals surface area contributed by atoms with Gasteiger partial charge in [-0.3, -0.25) is 9.59 Å². The average molecular weight is 487 g/mol. The lowest BCUT2D eigenvalue weighted by Gasteiger charge is -2.71. The van der Waals surface area contributed by atoms with Crippen molar-refractivity contribution in [2.75, 3.05) is 0 Å². The first-order valence-corrected chi connectivity index (χ1v) is 14.0. The Kier molecular flexibility index (Phi) is 5.48. The Morgan fingerprint density at radius 1 is 0.800 bits per heavy atom. The second-order valence-electron chi connectivity index (χ2n) is 14.4. The number of rotatable bonds is 3. The highest BCUT2D eigenvalue weighted by Crippen LogP contribution is 2.77. The summed E-state index contributed by atoms with van der Waals surface area (Å²) in [6.07, 6.45) is 7.34. The maximum Gasteiger partial charge on any atom is 0.310 e. The van der Waals surface area contributed by atoms with Crippen molar-refractivity contribution < 1.29 is 24.9 Å². The third-order valence-corrected chi connectivity index (χ3v) is 13.3. The smallest absolute Gasteiger partial charge is 0.310 e. The maximum atomic E-state index is 13.5. The van der Waals surface area contributed by atoms with Crippen LogP contribution < -0.4 is 0 Å². The van der Waals surface area contributed by atoms with Crippen molar-refractivity contribution in [2.45, 2.75) is 105 Å². The number of aliphatic carboxylic acids is 2. The summed E-state index contributed by atoms with van der Waals surface area (Å²) < 4.78 is 0. The van der Waals surface area contributed by atoms with E-state index in [1.54, 1.807) is 0 Å².